The number of hydrogen-bond donors (Lipinski definition) is 1. The van der Waals surface area contributed by atoms with Crippen LogP contribution in [0.15, 0.2) is 59.1 Å². The predicted octanol–water partition coefficient (Wildman–Crippen LogP) is 5.25. The molecule has 0 spiro atoms. The Labute approximate surface area is 179 Å². The summed E-state index contributed by atoms with van der Waals surface area (Å²) in [6, 6.07) is 17.4. The Bertz CT molecular complexity index is 999. The van der Waals surface area contributed by atoms with Crippen LogP contribution in [-0.2, 0) is 4.79 Å². The molecular formula is C23H24BrN3O2. The average molecular weight is 454 g/mol. The van der Waals surface area contributed by atoms with Crippen molar-refractivity contribution in [3.63, 3.8) is 0 Å². The van der Waals surface area contributed by atoms with E-state index < -0.39 is 0 Å². The van der Waals surface area contributed by atoms with Gasteiger partial charge in [-0.25, -0.2) is 4.98 Å². The third-order valence-electron chi connectivity index (χ3n) is 5.26. The lowest BCUT2D eigenvalue weighted by Gasteiger charge is -2.31. The molecule has 1 aliphatic heterocycles. The molecule has 0 bridgehead atoms. The highest BCUT2D eigenvalue weighted by molar-refractivity contribution is 9.10. The van der Waals surface area contributed by atoms with Crippen LogP contribution in [0.4, 0.5) is 11.5 Å². The summed E-state index contributed by atoms with van der Waals surface area (Å²) in [6.07, 6.45) is 2.38. The van der Waals surface area contributed by atoms with Gasteiger partial charge in [0.2, 0.25) is 0 Å². The van der Waals surface area contributed by atoms with Crippen molar-refractivity contribution in [2.24, 2.45) is 5.92 Å². The van der Waals surface area contributed by atoms with Crippen molar-refractivity contribution in [2.45, 2.75) is 19.8 Å². The van der Waals surface area contributed by atoms with E-state index in [1.807, 2.05) is 42.5 Å². The Hall–Kier alpha value is -2.60. The van der Waals surface area contributed by atoms with Crippen LogP contribution in [0.5, 0.6) is 5.75 Å². The number of para-hydroxylation sites is 1. The summed E-state index contributed by atoms with van der Waals surface area (Å²) in [5.74, 6) is 2.17. The number of benzene rings is 2. The lowest BCUT2D eigenvalue weighted by Crippen LogP contribution is -2.33. The summed E-state index contributed by atoms with van der Waals surface area (Å²) in [5, 5.41) is 3.85. The minimum Gasteiger partial charge on any atom is -0.481 e. The molecule has 1 fully saturated rings. The molecule has 0 aliphatic carbocycles. The first-order chi connectivity index (χ1) is 14.1. The number of pyridine rings is 1. The van der Waals surface area contributed by atoms with E-state index in [2.05, 4.69) is 45.2 Å². The van der Waals surface area contributed by atoms with E-state index >= 15 is 0 Å². The molecule has 2 heterocycles. The van der Waals surface area contributed by atoms with Crippen LogP contribution in [0, 0.1) is 5.92 Å². The second-order valence-corrected chi connectivity index (χ2v) is 8.43. The molecule has 2 aromatic carbocycles. The molecule has 1 aromatic heterocycles. The standard InChI is InChI=1S/C23H24BrN3O2/c1-16-11-13-27(14-12-16)21-10-5-17-3-2-4-20(23(17)26-21)29-15-22(28)25-19-8-6-18(24)7-9-19/h2-10,16H,11-15H2,1H3,(H,25,28). The summed E-state index contributed by atoms with van der Waals surface area (Å²) in [5.41, 5.74) is 1.53. The SMILES string of the molecule is CC1CCN(c2ccc3cccc(OCC(=O)Nc4ccc(Br)cc4)c3n2)CC1. The number of nitrogens with zero attached hydrogens (tertiary/aromatic N) is 2. The summed E-state index contributed by atoms with van der Waals surface area (Å²) in [6.45, 7) is 4.29. The quantitative estimate of drug-likeness (QED) is 0.572. The van der Waals surface area contributed by atoms with Gasteiger partial charge in [0.25, 0.3) is 5.91 Å². The monoisotopic (exact) mass is 453 g/mol. The number of carbonyl (C=O) groups is 1. The van der Waals surface area contributed by atoms with E-state index in [1.165, 1.54) is 12.8 Å². The van der Waals surface area contributed by atoms with Gasteiger partial charge in [0.1, 0.15) is 17.1 Å². The minimum absolute atomic E-state index is 0.0671. The van der Waals surface area contributed by atoms with Gasteiger partial charge in [-0.05, 0) is 61.2 Å². The molecule has 3 aromatic rings. The van der Waals surface area contributed by atoms with Crippen LogP contribution < -0.4 is 15.0 Å². The van der Waals surface area contributed by atoms with Gasteiger partial charge in [0, 0.05) is 28.6 Å². The Morgan fingerprint density at radius 1 is 1.14 bits per heavy atom. The Morgan fingerprint density at radius 3 is 2.66 bits per heavy atom. The number of piperidine rings is 1. The zero-order valence-electron chi connectivity index (χ0n) is 16.4. The van der Waals surface area contributed by atoms with Crippen molar-refractivity contribution >= 4 is 44.2 Å². The highest BCUT2D eigenvalue weighted by atomic mass is 79.9. The van der Waals surface area contributed by atoms with Crippen LogP contribution >= 0.6 is 15.9 Å². The topological polar surface area (TPSA) is 54.5 Å². The van der Waals surface area contributed by atoms with Gasteiger partial charge in [-0.2, -0.15) is 0 Å². The van der Waals surface area contributed by atoms with E-state index in [4.69, 9.17) is 9.72 Å². The maximum absolute atomic E-state index is 12.3. The number of nitrogens with one attached hydrogen (secondary N) is 1. The molecule has 0 saturated carbocycles. The summed E-state index contributed by atoms with van der Waals surface area (Å²) < 4.78 is 6.80. The van der Waals surface area contributed by atoms with Gasteiger partial charge in [0.05, 0.1) is 0 Å². The normalized spacial score (nSPS) is 14.8. The van der Waals surface area contributed by atoms with Crippen molar-refractivity contribution in [3.8, 4) is 5.75 Å². The van der Waals surface area contributed by atoms with E-state index in [0.29, 0.717) is 5.75 Å². The zero-order chi connectivity index (χ0) is 20.2. The van der Waals surface area contributed by atoms with Crippen molar-refractivity contribution in [1.82, 2.24) is 4.98 Å². The predicted molar refractivity (Wildman–Crippen MR) is 121 cm³/mol. The number of hydrogen-bond acceptors (Lipinski definition) is 4. The number of anilines is 2. The van der Waals surface area contributed by atoms with Crippen LogP contribution in [0.1, 0.15) is 19.8 Å². The van der Waals surface area contributed by atoms with Gasteiger partial charge >= 0.3 is 0 Å². The Balaban J connectivity index is 1.47. The van der Waals surface area contributed by atoms with E-state index in [1.54, 1.807) is 0 Å². The fraction of sp³-hybridized carbons (Fsp3) is 0.304. The minimum atomic E-state index is -0.203. The molecule has 5 nitrogen and oxygen atoms in total. The molecule has 0 atom stereocenters. The third-order valence-corrected chi connectivity index (χ3v) is 5.79. The molecular weight excluding hydrogens is 430 g/mol. The van der Waals surface area contributed by atoms with Gasteiger partial charge in [-0.1, -0.05) is 35.0 Å². The van der Waals surface area contributed by atoms with Crippen molar-refractivity contribution in [2.75, 3.05) is 29.9 Å². The number of halogens is 1. The highest BCUT2D eigenvalue weighted by Gasteiger charge is 2.18. The zero-order valence-corrected chi connectivity index (χ0v) is 18.0. The smallest absolute Gasteiger partial charge is 0.262 e. The lowest BCUT2D eigenvalue weighted by atomic mass is 9.99. The molecule has 0 unspecified atom stereocenters. The van der Waals surface area contributed by atoms with Crippen LogP contribution in [0.3, 0.4) is 0 Å². The molecule has 0 radical (unpaired) electrons. The molecule has 1 aliphatic rings. The van der Waals surface area contributed by atoms with Crippen molar-refractivity contribution < 1.29 is 9.53 Å². The molecule has 6 heteroatoms. The van der Waals surface area contributed by atoms with Gasteiger partial charge in [-0.3, -0.25) is 4.79 Å². The Kier molecular flexibility index (Phi) is 6.00. The maximum atomic E-state index is 12.3. The first kappa shape index (κ1) is 19.7. The number of ether oxygens (including phenoxy) is 1. The molecule has 1 saturated heterocycles. The molecule has 1 N–H and O–H groups in total. The number of aromatic nitrogens is 1. The van der Waals surface area contributed by atoms with Crippen molar-refractivity contribution in [1.29, 1.82) is 0 Å². The number of amides is 1. The van der Waals surface area contributed by atoms with E-state index in [0.717, 1.165) is 45.9 Å². The van der Waals surface area contributed by atoms with Crippen LogP contribution in [0.25, 0.3) is 10.9 Å². The summed E-state index contributed by atoms with van der Waals surface area (Å²) in [7, 11) is 0. The van der Waals surface area contributed by atoms with Gasteiger partial charge in [0.15, 0.2) is 6.61 Å². The molecule has 4 rings (SSSR count). The van der Waals surface area contributed by atoms with E-state index in [9.17, 15) is 4.79 Å². The summed E-state index contributed by atoms with van der Waals surface area (Å²) >= 11 is 3.39. The first-order valence-electron chi connectivity index (χ1n) is 9.91. The second kappa shape index (κ2) is 8.82. The number of rotatable bonds is 5. The molecule has 1 amide bonds. The third kappa shape index (κ3) is 4.88. The highest BCUT2D eigenvalue weighted by Crippen LogP contribution is 2.28. The number of fused-ring (bicyclic) bond motifs is 1. The second-order valence-electron chi connectivity index (χ2n) is 7.51. The van der Waals surface area contributed by atoms with Gasteiger partial charge in [-0.15, -0.1) is 0 Å². The molecule has 150 valence electrons. The van der Waals surface area contributed by atoms with E-state index in [-0.39, 0.29) is 12.5 Å². The lowest BCUT2D eigenvalue weighted by molar-refractivity contribution is -0.118. The van der Waals surface area contributed by atoms with Crippen LogP contribution in [0.2, 0.25) is 0 Å². The summed E-state index contributed by atoms with van der Waals surface area (Å²) in [4.78, 5) is 19.5. The Morgan fingerprint density at radius 2 is 1.90 bits per heavy atom. The molecule has 29 heavy (non-hydrogen) atoms. The van der Waals surface area contributed by atoms with Gasteiger partial charge < -0.3 is 15.0 Å². The average Bonchev–Trinajstić information content (AvgIpc) is 2.74. The number of carbonyl (C=O) groups excluding carboxylic acids is 1. The first-order valence-corrected chi connectivity index (χ1v) is 10.7. The largest absolute Gasteiger partial charge is 0.481 e. The van der Waals surface area contributed by atoms with Crippen molar-refractivity contribution in [3.05, 3.63) is 59.1 Å². The fourth-order valence-corrected chi connectivity index (χ4v) is 3.78. The maximum Gasteiger partial charge on any atom is 0.262 e. The fourth-order valence-electron chi connectivity index (χ4n) is 3.51. The van der Waals surface area contributed by atoms with Crippen LogP contribution in [-0.4, -0.2) is 30.6 Å².